The molecule has 0 saturated carbocycles. The van der Waals surface area contributed by atoms with Gasteiger partial charge in [0.25, 0.3) is 10.0 Å². The average Bonchev–Trinajstić information content (AvgIpc) is 2.52. The molecule has 2 aromatic carbocycles. The van der Waals surface area contributed by atoms with Gasteiger partial charge in [0.1, 0.15) is 0 Å². The van der Waals surface area contributed by atoms with Gasteiger partial charge in [-0.15, -0.1) is 0 Å². The Balaban J connectivity index is 2.15. The maximum Gasteiger partial charge on any atom is 0.262 e. The molecule has 0 unspecified atom stereocenters. The van der Waals surface area contributed by atoms with Crippen molar-refractivity contribution in [3.05, 3.63) is 59.2 Å². The lowest BCUT2D eigenvalue weighted by Crippen LogP contribution is -2.14. The van der Waals surface area contributed by atoms with Gasteiger partial charge in [-0.1, -0.05) is 29.5 Å². The zero-order valence-corrected chi connectivity index (χ0v) is 15.8. The van der Waals surface area contributed by atoms with E-state index in [2.05, 4.69) is 4.72 Å². The first-order valence-corrected chi connectivity index (χ1v) is 10.0. The Kier molecular flexibility index (Phi) is 6.02. The van der Waals surface area contributed by atoms with E-state index in [1.807, 2.05) is 13.0 Å². The summed E-state index contributed by atoms with van der Waals surface area (Å²) in [6, 6.07) is 11.3. The maximum atomic E-state index is 12.5. The molecular weight excluding hydrogens is 358 g/mol. The van der Waals surface area contributed by atoms with Crippen LogP contribution in [0.15, 0.2) is 47.4 Å². The number of anilines is 1. The van der Waals surface area contributed by atoms with Crippen molar-refractivity contribution in [2.75, 3.05) is 10.5 Å². The fourth-order valence-electron chi connectivity index (χ4n) is 2.29. The van der Waals surface area contributed by atoms with Crippen LogP contribution in [0.5, 0.6) is 0 Å². The van der Waals surface area contributed by atoms with Gasteiger partial charge in [0.2, 0.25) is 0 Å². The molecule has 0 aliphatic heterocycles. The lowest BCUT2D eigenvalue weighted by molar-refractivity contribution is -0.109. The molecule has 2 aromatic rings. The van der Waals surface area contributed by atoms with E-state index < -0.39 is 10.0 Å². The third kappa shape index (κ3) is 5.17. The number of carbonyl (C=O) groups is 2. The molecule has 0 spiro atoms. The largest absolute Gasteiger partial charge is 0.293 e. The summed E-state index contributed by atoms with van der Waals surface area (Å²) in [6.07, 6.45) is 0. The fraction of sp³-hybridized carbons (Fsp3) is 0.222. The Morgan fingerprint density at radius 3 is 2.24 bits per heavy atom. The SMILES string of the molecule is CC(=O)SCC(=O)c1ccc(NS(=O)(=O)c2ccc(C)cc2C)cc1. The highest BCUT2D eigenvalue weighted by molar-refractivity contribution is 8.14. The summed E-state index contributed by atoms with van der Waals surface area (Å²) in [7, 11) is -3.70. The minimum absolute atomic E-state index is 0.0724. The summed E-state index contributed by atoms with van der Waals surface area (Å²) in [5.74, 6) is -0.104. The van der Waals surface area contributed by atoms with Crippen molar-refractivity contribution in [2.45, 2.75) is 25.7 Å². The van der Waals surface area contributed by atoms with E-state index in [0.717, 1.165) is 17.3 Å². The van der Waals surface area contributed by atoms with Crippen LogP contribution in [-0.4, -0.2) is 25.1 Å². The van der Waals surface area contributed by atoms with E-state index in [4.69, 9.17) is 0 Å². The van der Waals surface area contributed by atoms with Gasteiger partial charge < -0.3 is 0 Å². The van der Waals surface area contributed by atoms with E-state index in [1.54, 1.807) is 31.2 Å². The van der Waals surface area contributed by atoms with Crippen molar-refractivity contribution in [1.29, 1.82) is 0 Å². The maximum absolute atomic E-state index is 12.5. The molecule has 132 valence electrons. The van der Waals surface area contributed by atoms with Gasteiger partial charge in [0, 0.05) is 18.2 Å². The van der Waals surface area contributed by atoms with Crippen LogP contribution in [-0.2, 0) is 14.8 Å². The molecule has 0 atom stereocenters. The number of sulfonamides is 1. The summed E-state index contributed by atoms with van der Waals surface area (Å²) in [4.78, 5) is 23.1. The summed E-state index contributed by atoms with van der Waals surface area (Å²) >= 11 is 0.948. The van der Waals surface area contributed by atoms with Crippen LogP contribution in [0.3, 0.4) is 0 Å². The van der Waals surface area contributed by atoms with Gasteiger partial charge in [0.15, 0.2) is 10.9 Å². The number of aryl methyl sites for hydroxylation is 2. The van der Waals surface area contributed by atoms with E-state index in [0.29, 0.717) is 16.8 Å². The first-order chi connectivity index (χ1) is 11.7. The number of Topliss-reactive ketones (excluding diaryl/α,β-unsaturated/α-hetero) is 1. The summed E-state index contributed by atoms with van der Waals surface area (Å²) in [5.41, 5.74) is 2.46. The smallest absolute Gasteiger partial charge is 0.262 e. The highest BCUT2D eigenvalue weighted by Gasteiger charge is 2.17. The first-order valence-electron chi connectivity index (χ1n) is 7.56. The third-order valence-electron chi connectivity index (χ3n) is 3.49. The topological polar surface area (TPSA) is 80.3 Å². The molecule has 0 aromatic heterocycles. The van der Waals surface area contributed by atoms with Crippen LogP contribution in [0.25, 0.3) is 0 Å². The number of thioether (sulfide) groups is 1. The normalized spacial score (nSPS) is 11.2. The number of hydrogen-bond acceptors (Lipinski definition) is 5. The Bertz CT molecular complexity index is 903. The monoisotopic (exact) mass is 377 g/mol. The van der Waals surface area contributed by atoms with E-state index in [1.165, 1.54) is 19.1 Å². The molecule has 0 aliphatic rings. The first kappa shape index (κ1) is 19.2. The molecule has 25 heavy (non-hydrogen) atoms. The Labute approximate surface area is 151 Å². The zero-order valence-electron chi connectivity index (χ0n) is 14.2. The lowest BCUT2D eigenvalue weighted by Gasteiger charge is -2.11. The lowest BCUT2D eigenvalue weighted by atomic mass is 10.1. The molecular formula is C18H19NO4S2. The van der Waals surface area contributed by atoms with Crippen molar-refractivity contribution in [2.24, 2.45) is 0 Å². The standard InChI is InChI=1S/C18H19NO4S2/c1-12-4-9-18(13(2)10-12)25(22,23)19-16-7-5-15(6-8-16)17(21)11-24-14(3)20/h4-10,19H,11H2,1-3H3. The average molecular weight is 377 g/mol. The van der Waals surface area contributed by atoms with Crippen molar-refractivity contribution in [3.8, 4) is 0 Å². The van der Waals surface area contributed by atoms with Gasteiger partial charge in [-0.05, 0) is 49.7 Å². The molecule has 0 bridgehead atoms. The fourth-order valence-corrected chi connectivity index (χ4v) is 4.07. The van der Waals surface area contributed by atoms with Gasteiger partial charge in [-0.2, -0.15) is 0 Å². The molecule has 2 rings (SSSR count). The van der Waals surface area contributed by atoms with E-state index in [9.17, 15) is 18.0 Å². The molecule has 0 amide bonds. The minimum Gasteiger partial charge on any atom is -0.293 e. The van der Waals surface area contributed by atoms with Crippen molar-refractivity contribution in [3.63, 3.8) is 0 Å². The molecule has 1 N–H and O–H groups in total. The second-order valence-electron chi connectivity index (χ2n) is 5.66. The highest BCUT2D eigenvalue weighted by Crippen LogP contribution is 2.21. The van der Waals surface area contributed by atoms with Gasteiger partial charge in [0.05, 0.1) is 10.6 Å². The molecule has 7 heteroatoms. The molecule has 0 aliphatic carbocycles. The van der Waals surface area contributed by atoms with Crippen LogP contribution >= 0.6 is 11.8 Å². The van der Waals surface area contributed by atoms with Gasteiger partial charge in [-0.25, -0.2) is 8.42 Å². The van der Waals surface area contributed by atoms with Crippen molar-refractivity contribution in [1.82, 2.24) is 0 Å². The van der Waals surface area contributed by atoms with Crippen LogP contribution in [0.1, 0.15) is 28.4 Å². The third-order valence-corrected chi connectivity index (χ3v) is 5.84. The van der Waals surface area contributed by atoms with Crippen LogP contribution < -0.4 is 4.72 Å². The number of carbonyl (C=O) groups excluding carboxylic acids is 2. The molecule has 0 heterocycles. The molecule has 0 radical (unpaired) electrons. The van der Waals surface area contributed by atoms with E-state index >= 15 is 0 Å². The Hall–Kier alpha value is -2.12. The molecule has 0 saturated heterocycles. The van der Waals surface area contributed by atoms with Crippen LogP contribution in [0.4, 0.5) is 5.69 Å². The Morgan fingerprint density at radius 2 is 1.68 bits per heavy atom. The number of nitrogens with one attached hydrogen (secondary N) is 1. The predicted molar refractivity (Wildman–Crippen MR) is 101 cm³/mol. The van der Waals surface area contributed by atoms with Crippen molar-refractivity contribution >= 4 is 38.4 Å². The molecule has 0 fully saturated rings. The van der Waals surface area contributed by atoms with Crippen molar-refractivity contribution < 1.29 is 18.0 Å². The zero-order chi connectivity index (χ0) is 18.6. The van der Waals surface area contributed by atoms with Crippen LogP contribution in [0.2, 0.25) is 0 Å². The number of hydrogen-bond donors (Lipinski definition) is 1. The predicted octanol–water partition coefficient (Wildman–Crippen LogP) is 3.57. The number of benzene rings is 2. The summed E-state index contributed by atoms with van der Waals surface area (Å²) in [5, 5.41) is -0.119. The second kappa shape index (κ2) is 7.84. The number of ketones is 1. The number of rotatable bonds is 6. The summed E-state index contributed by atoms with van der Waals surface area (Å²) < 4.78 is 27.5. The summed E-state index contributed by atoms with van der Waals surface area (Å²) in [6.45, 7) is 5.05. The van der Waals surface area contributed by atoms with Gasteiger partial charge >= 0.3 is 0 Å². The van der Waals surface area contributed by atoms with Gasteiger partial charge in [-0.3, -0.25) is 14.3 Å². The van der Waals surface area contributed by atoms with E-state index in [-0.39, 0.29) is 21.5 Å². The second-order valence-corrected chi connectivity index (χ2v) is 8.46. The minimum atomic E-state index is -3.70. The quantitative estimate of drug-likeness (QED) is 0.779. The molecule has 5 nitrogen and oxygen atoms in total. The van der Waals surface area contributed by atoms with Crippen LogP contribution in [0, 0.1) is 13.8 Å². The Morgan fingerprint density at radius 1 is 1.04 bits per heavy atom. The highest BCUT2D eigenvalue weighted by atomic mass is 32.2.